The molecule has 0 radical (unpaired) electrons. The lowest BCUT2D eigenvalue weighted by Crippen LogP contribution is -2.34. The molecule has 18 heavy (non-hydrogen) atoms. The lowest BCUT2D eigenvalue weighted by atomic mass is 9.97. The van der Waals surface area contributed by atoms with E-state index in [1.807, 2.05) is 12.1 Å². The van der Waals surface area contributed by atoms with Crippen molar-refractivity contribution >= 4 is 5.78 Å². The van der Waals surface area contributed by atoms with Gasteiger partial charge in [0.2, 0.25) is 0 Å². The smallest absolute Gasteiger partial charge is 0.162 e. The quantitative estimate of drug-likeness (QED) is 0.806. The number of benzene rings is 1. The van der Waals surface area contributed by atoms with E-state index in [1.54, 1.807) is 0 Å². The van der Waals surface area contributed by atoms with Gasteiger partial charge < -0.3 is 5.32 Å². The first-order chi connectivity index (χ1) is 8.79. The number of rotatable bonds is 5. The van der Waals surface area contributed by atoms with Gasteiger partial charge in [-0.1, -0.05) is 37.6 Å². The van der Waals surface area contributed by atoms with Crippen LogP contribution in [-0.2, 0) is 6.42 Å². The van der Waals surface area contributed by atoms with Gasteiger partial charge in [-0.25, -0.2) is 0 Å². The van der Waals surface area contributed by atoms with Gasteiger partial charge in [0.1, 0.15) is 0 Å². The van der Waals surface area contributed by atoms with E-state index in [4.69, 9.17) is 0 Å². The number of aryl methyl sites for hydroxylation is 1. The number of hydrogen-bond acceptors (Lipinski definition) is 2. The summed E-state index contributed by atoms with van der Waals surface area (Å²) in [6.07, 6.45) is 6.49. The van der Waals surface area contributed by atoms with Crippen molar-refractivity contribution in [2.24, 2.45) is 0 Å². The molecule has 1 unspecified atom stereocenters. The van der Waals surface area contributed by atoms with Crippen LogP contribution in [0.25, 0.3) is 0 Å². The summed E-state index contributed by atoms with van der Waals surface area (Å²) in [7, 11) is 0. The maximum atomic E-state index is 12.1. The molecule has 1 heterocycles. The SMILES string of the molecule is CCc1ccc(C(=O)CCC2CCCCN2)cc1. The second kappa shape index (κ2) is 6.69. The van der Waals surface area contributed by atoms with E-state index in [-0.39, 0.29) is 5.78 Å². The van der Waals surface area contributed by atoms with Gasteiger partial charge in [0, 0.05) is 18.0 Å². The fraction of sp³-hybridized carbons (Fsp3) is 0.562. The van der Waals surface area contributed by atoms with Crippen molar-refractivity contribution in [2.75, 3.05) is 6.54 Å². The molecular formula is C16H23NO. The summed E-state index contributed by atoms with van der Waals surface area (Å²) in [4.78, 5) is 12.1. The van der Waals surface area contributed by atoms with Crippen LogP contribution < -0.4 is 5.32 Å². The number of carbonyl (C=O) groups is 1. The second-order valence-corrected chi connectivity index (χ2v) is 5.16. The van der Waals surface area contributed by atoms with Gasteiger partial charge in [-0.3, -0.25) is 4.79 Å². The van der Waals surface area contributed by atoms with Crippen molar-refractivity contribution < 1.29 is 4.79 Å². The Labute approximate surface area is 110 Å². The number of carbonyl (C=O) groups excluding carboxylic acids is 1. The van der Waals surface area contributed by atoms with E-state index < -0.39 is 0 Å². The highest BCUT2D eigenvalue weighted by molar-refractivity contribution is 5.96. The Hall–Kier alpha value is -1.15. The summed E-state index contributed by atoms with van der Waals surface area (Å²) in [5, 5.41) is 3.49. The van der Waals surface area contributed by atoms with Gasteiger partial charge in [0.15, 0.2) is 5.78 Å². The van der Waals surface area contributed by atoms with Crippen molar-refractivity contribution in [2.45, 2.75) is 51.5 Å². The van der Waals surface area contributed by atoms with E-state index in [2.05, 4.69) is 24.4 Å². The largest absolute Gasteiger partial charge is 0.314 e. The summed E-state index contributed by atoms with van der Waals surface area (Å²) in [6.45, 7) is 3.25. The second-order valence-electron chi connectivity index (χ2n) is 5.16. The molecule has 2 rings (SSSR count). The molecule has 1 fully saturated rings. The van der Waals surface area contributed by atoms with Gasteiger partial charge in [-0.05, 0) is 37.8 Å². The lowest BCUT2D eigenvalue weighted by molar-refractivity contribution is 0.0974. The Bertz CT molecular complexity index is 377. The molecule has 0 spiro atoms. The molecule has 2 nitrogen and oxygen atoms in total. The average molecular weight is 245 g/mol. The number of hydrogen-bond donors (Lipinski definition) is 1. The standard InChI is InChI=1S/C16H23NO/c1-2-13-6-8-14(9-7-13)16(18)11-10-15-5-3-4-12-17-15/h6-9,15,17H,2-5,10-12H2,1H3. The van der Waals surface area contributed by atoms with Gasteiger partial charge in [-0.2, -0.15) is 0 Å². The molecule has 1 N–H and O–H groups in total. The maximum absolute atomic E-state index is 12.1. The zero-order valence-electron chi connectivity index (χ0n) is 11.2. The molecule has 0 aromatic heterocycles. The van der Waals surface area contributed by atoms with Crippen LogP contribution in [0.4, 0.5) is 0 Å². The highest BCUT2D eigenvalue weighted by Crippen LogP contribution is 2.14. The third-order valence-corrected chi connectivity index (χ3v) is 3.82. The first kappa shape index (κ1) is 13.3. The first-order valence-electron chi connectivity index (χ1n) is 7.15. The van der Waals surface area contributed by atoms with Crippen molar-refractivity contribution in [1.29, 1.82) is 0 Å². The van der Waals surface area contributed by atoms with E-state index in [1.165, 1.54) is 24.8 Å². The van der Waals surface area contributed by atoms with Crippen molar-refractivity contribution in [1.82, 2.24) is 5.32 Å². The minimum atomic E-state index is 0.282. The topological polar surface area (TPSA) is 29.1 Å². The van der Waals surface area contributed by atoms with Crippen LogP contribution in [0.5, 0.6) is 0 Å². The van der Waals surface area contributed by atoms with Crippen LogP contribution in [0.3, 0.4) is 0 Å². The molecule has 0 aliphatic carbocycles. The molecular weight excluding hydrogens is 222 g/mol. The molecule has 2 heteroatoms. The Morgan fingerprint density at radius 2 is 2.06 bits per heavy atom. The fourth-order valence-electron chi connectivity index (χ4n) is 2.55. The number of Topliss-reactive ketones (excluding diaryl/α,β-unsaturated/α-hetero) is 1. The van der Waals surface area contributed by atoms with Crippen molar-refractivity contribution in [3.63, 3.8) is 0 Å². The van der Waals surface area contributed by atoms with Crippen LogP contribution in [0.15, 0.2) is 24.3 Å². The molecule has 1 saturated heterocycles. The first-order valence-corrected chi connectivity index (χ1v) is 7.15. The van der Waals surface area contributed by atoms with Crippen molar-refractivity contribution in [3.05, 3.63) is 35.4 Å². The minimum absolute atomic E-state index is 0.282. The van der Waals surface area contributed by atoms with Gasteiger partial charge >= 0.3 is 0 Å². The van der Waals surface area contributed by atoms with E-state index in [0.717, 1.165) is 24.9 Å². The summed E-state index contributed by atoms with van der Waals surface area (Å²) in [5.74, 6) is 0.282. The van der Waals surface area contributed by atoms with Crippen LogP contribution in [0.2, 0.25) is 0 Å². The molecule has 1 aliphatic heterocycles. The predicted molar refractivity (Wildman–Crippen MR) is 75.0 cm³/mol. The Kier molecular flexibility index (Phi) is 4.94. The van der Waals surface area contributed by atoms with Crippen molar-refractivity contribution in [3.8, 4) is 0 Å². The van der Waals surface area contributed by atoms with E-state index >= 15 is 0 Å². The zero-order valence-corrected chi connectivity index (χ0v) is 11.2. The predicted octanol–water partition coefficient (Wildman–Crippen LogP) is 3.35. The normalized spacial score (nSPS) is 19.7. The number of nitrogens with one attached hydrogen (secondary N) is 1. The highest BCUT2D eigenvalue weighted by atomic mass is 16.1. The number of ketones is 1. The Morgan fingerprint density at radius 3 is 2.67 bits per heavy atom. The molecule has 1 atom stereocenters. The summed E-state index contributed by atoms with van der Waals surface area (Å²) in [5.41, 5.74) is 2.16. The summed E-state index contributed by atoms with van der Waals surface area (Å²) in [6, 6.07) is 8.61. The molecule has 1 aromatic carbocycles. The minimum Gasteiger partial charge on any atom is -0.314 e. The molecule has 0 amide bonds. The van der Waals surface area contributed by atoms with Crippen LogP contribution >= 0.6 is 0 Å². The van der Waals surface area contributed by atoms with E-state index in [0.29, 0.717) is 12.5 Å². The Morgan fingerprint density at radius 1 is 1.28 bits per heavy atom. The van der Waals surface area contributed by atoms with Crippen LogP contribution in [0, 0.1) is 0 Å². The third kappa shape index (κ3) is 3.67. The average Bonchev–Trinajstić information content (AvgIpc) is 2.46. The molecule has 1 aliphatic rings. The molecule has 0 bridgehead atoms. The molecule has 98 valence electrons. The zero-order chi connectivity index (χ0) is 12.8. The third-order valence-electron chi connectivity index (χ3n) is 3.82. The van der Waals surface area contributed by atoms with Crippen LogP contribution in [0.1, 0.15) is 54.9 Å². The lowest BCUT2D eigenvalue weighted by Gasteiger charge is -2.22. The van der Waals surface area contributed by atoms with Gasteiger partial charge in [-0.15, -0.1) is 0 Å². The van der Waals surface area contributed by atoms with Gasteiger partial charge in [0.05, 0.1) is 0 Å². The Balaban J connectivity index is 1.82. The monoisotopic (exact) mass is 245 g/mol. The molecule has 0 saturated carbocycles. The summed E-state index contributed by atoms with van der Waals surface area (Å²) < 4.78 is 0. The summed E-state index contributed by atoms with van der Waals surface area (Å²) >= 11 is 0. The molecule has 1 aromatic rings. The van der Waals surface area contributed by atoms with Gasteiger partial charge in [0.25, 0.3) is 0 Å². The maximum Gasteiger partial charge on any atom is 0.162 e. The number of piperidine rings is 1. The fourth-order valence-corrected chi connectivity index (χ4v) is 2.55. The van der Waals surface area contributed by atoms with Crippen LogP contribution in [-0.4, -0.2) is 18.4 Å². The highest BCUT2D eigenvalue weighted by Gasteiger charge is 2.14. The van der Waals surface area contributed by atoms with E-state index in [9.17, 15) is 4.79 Å².